The SMILES string of the molecule is Cc1cc(NC(=O)NCc2ncc[nH]2)cc(C(=O)O)c1C. The largest absolute Gasteiger partial charge is 0.478 e. The summed E-state index contributed by atoms with van der Waals surface area (Å²) in [6.45, 7) is 3.79. The Bertz CT molecular complexity index is 665. The van der Waals surface area contributed by atoms with Crippen LogP contribution in [0.25, 0.3) is 0 Å². The molecular formula is C14H16N4O3. The molecule has 0 fully saturated rings. The van der Waals surface area contributed by atoms with Gasteiger partial charge in [-0.2, -0.15) is 0 Å². The molecular weight excluding hydrogens is 272 g/mol. The van der Waals surface area contributed by atoms with E-state index in [0.717, 1.165) is 5.56 Å². The molecule has 0 saturated carbocycles. The number of urea groups is 1. The summed E-state index contributed by atoms with van der Waals surface area (Å²) in [5.41, 5.74) is 2.10. The second kappa shape index (κ2) is 6.08. The number of anilines is 1. The average molecular weight is 288 g/mol. The number of hydrogen-bond acceptors (Lipinski definition) is 3. The lowest BCUT2D eigenvalue weighted by Crippen LogP contribution is -2.28. The third kappa shape index (κ3) is 3.59. The third-order valence-corrected chi connectivity index (χ3v) is 3.13. The molecule has 0 saturated heterocycles. The van der Waals surface area contributed by atoms with Gasteiger partial charge in [0, 0.05) is 18.1 Å². The van der Waals surface area contributed by atoms with E-state index >= 15 is 0 Å². The van der Waals surface area contributed by atoms with Crippen molar-refractivity contribution in [3.05, 3.63) is 47.0 Å². The van der Waals surface area contributed by atoms with Crippen molar-refractivity contribution in [2.75, 3.05) is 5.32 Å². The number of benzene rings is 1. The zero-order valence-electron chi connectivity index (χ0n) is 11.7. The van der Waals surface area contributed by atoms with Crippen LogP contribution in [0.2, 0.25) is 0 Å². The van der Waals surface area contributed by atoms with E-state index in [-0.39, 0.29) is 12.1 Å². The number of amides is 2. The van der Waals surface area contributed by atoms with Crippen LogP contribution in [-0.4, -0.2) is 27.1 Å². The summed E-state index contributed by atoms with van der Waals surface area (Å²) >= 11 is 0. The highest BCUT2D eigenvalue weighted by molar-refractivity contribution is 5.94. The summed E-state index contributed by atoms with van der Waals surface area (Å²) in [5, 5.41) is 14.4. The molecule has 2 aromatic rings. The number of rotatable bonds is 4. The number of carbonyl (C=O) groups excluding carboxylic acids is 1. The molecule has 0 aliphatic carbocycles. The van der Waals surface area contributed by atoms with Crippen molar-refractivity contribution in [1.29, 1.82) is 0 Å². The number of carboxylic acid groups (broad SMARTS) is 1. The number of H-pyrrole nitrogens is 1. The number of aromatic nitrogens is 2. The molecule has 2 amide bonds. The van der Waals surface area contributed by atoms with Gasteiger partial charge >= 0.3 is 12.0 Å². The number of aromatic carboxylic acids is 1. The van der Waals surface area contributed by atoms with Crippen molar-refractivity contribution in [1.82, 2.24) is 15.3 Å². The van der Waals surface area contributed by atoms with Gasteiger partial charge in [-0.3, -0.25) is 0 Å². The predicted molar refractivity (Wildman–Crippen MR) is 77.3 cm³/mol. The van der Waals surface area contributed by atoms with Crippen LogP contribution in [0.4, 0.5) is 10.5 Å². The van der Waals surface area contributed by atoms with Crippen molar-refractivity contribution in [2.24, 2.45) is 0 Å². The Kier molecular flexibility index (Phi) is 4.22. The first-order valence-electron chi connectivity index (χ1n) is 6.35. The van der Waals surface area contributed by atoms with E-state index in [1.165, 1.54) is 6.07 Å². The number of hydrogen-bond donors (Lipinski definition) is 4. The lowest BCUT2D eigenvalue weighted by atomic mass is 10.0. The molecule has 1 aromatic carbocycles. The van der Waals surface area contributed by atoms with Crippen LogP contribution in [0.1, 0.15) is 27.3 Å². The van der Waals surface area contributed by atoms with Crippen LogP contribution in [0.15, 0.2) is 24.5 Å². The van der Waals surface area contributed by atoms with E-state index < -0.39 is 12.0 Å². The molecule has 0 aliphatic rings. The first-order valence-corrected chi connectivity index (χ1v) is 6.35. The highest BCUT2D eigenvalue weighted by Crippen LogP contribution is 2.20. The zero-order valence-corrected chi connectivity index (χ0v) is 11.7. The number of nitrogens with one attached hydrogen (secondary N) is 3. The number of carbonyl (C=O) groups is 2. The first-order chi connectivity index (χ1) is 9.97. The third-order valence-electron chi connectivity index (χ3n) is 3.13. The zero-order chi connectivity index (χ0) is 15.4. The number of nitrogens with zero attached hydrogens (tertiary/aromatic N) is 1. The first kappa shape index (κ1) is 14.6. The summed E-state index contributed by atoms with van der Waals surface area (Å²) in [6.07, 6.45) is 3.26. The summed E-state index contributed by atoms with van der Waals surface area (Å²) in [7, 11) is 0. The van der Waals surface area contributed by atoms with Crippen LogP contribution in [0.3, 0.4) is 0 Å². The molecule has 0 spiro atoms. The van der Waals surface area contributed by atoms with Crippen molar-refractivity contribution < 1.29 is 14.7 Å². The van der Waals surface area contributed by atoms with Gasteiger partial charge in [0.05, 0.1) is 12.1 Å². The normalized spacial score (nSPS) is 10.2. The maximum absolute atomic E-state index is 11.8. The van der Waals surface area contributed by atoms with Crippen molar-refractivity contribution in [3.8, 4) is 0 Å². The highest BCUT2D eigenvalue weighted by atomic mass is 16.4. The number of aromatic amines is 1. The Balaban J connectivity index is 2.05. The second-order valence-corrected chi connectivity index (χ2v) is 4.61. The molecule has 0 radical (unpaired) electrons. The lowest BCUT2D eigenvalue weighted by molar-refractivity contribution is 0.0696. The van der Waals surface area contributed by atoms with Gasteiger partial charge < -0.3 is 20.7 Å². The molecule has 2 rings (SSSR count). The van der Waals surface area contributed by atoms with Crippen molar-refractivity contribution >= 4 is 17.7 Å². The molecule has 1 heterocycles. The molecule has 4 N–H and O–H groups in total. The monoisotopic (exact) mass is 288 g/mol. The van der Waals surface area contributed by atoms with Gasteiger partial charge in [-0.1, -0.05) is 0 Å². The maximum atomic E-state index is 11.8. The topological polar surface area (TPSA) is 107 Å². The minimum atomic E-state index is -1.02. The quantitative estimate of drug-likeness (QED) is 0.690. The Morgan fingerprint density at radius 1 is 1.33 bits per heavy atom. The van der Waals surface area contributed by atoms with Crippen LogP contribution >= 0.6 is 0 Å². The van der Waals surface area contributed by atoms with Crippen LogP contribution < -0.4 is 10.6 Å². The Morgan fingerprint density at radius 2 is 2.10 bits per heavy atom. The summed E-state index contributed by atoms with van der Waals surface area (Å²) in [6, 6.07) is 2.75. The smallest absolute Gasteiger partial charge is 0.336 e. The Hall–Kier alpha value is -2.83. The summed E-state index contributed by atoms with van der Waals surface area (Å²) in [4.78, 5) is 29.8. The standard InChI is InChI=1S/C14H16N4O3/c1-8-5-10(6-11(9(8)2)13(19)20)18-14(21)17-7-12-15-3-4-16-12/h3-6H,7H2,1-2H3,(H,15,16)(H,19,20)(H2,17,18,21). The molecule has 0 unspecified atom stereocenters. The van der Waals surface area contributed by atoms with Gasteiger partial charge in [0.1, 0.15) is 5.82 Å². The molecule has 0 aliphatic heterocycles. The Labute approximate surface area is 121 Å². The fraction of sp³-hybridized carbons (Fsp3) is 0.214. The molecule has 21 heavy (non-hydrogen) atoms. The minimum Gasteiger partial charge on any atom is -0.478 e. The van der Waals surface area contributed by atoms with E-state index in [0.29, 0.717) is 17.1 Å². The van der Waals surface area contributed by atoms with Crippen LogP contribution in [0.5, 0.6) is 0 Å². The second-order valence-electron chi connectivity index (χ2n) is 4.61. The van der Waals surface area contributed by atoms with Crippen LogP contribution in [-0.2, 0) is 6.54 Å². The number of imidazole rings is 1. The summed E-state index contributed by atoms with van der Waals surface area (Å²) in [5.74, 6) is -0.383. The van der Waals surface area contributed by atoms with Crippen molar-refractivity contribution in [2.45, 2.75) is 20.4 Å². The summed E-state index contributed by atoms with van der Waals surface area (Å²) < 4.78 is 0. The predicted octanol–water partition coefficient (Wildman–Crippen LogP) is 2.05. The number of aryl methyl sites for hydroxylation is 1. The average Bonchev–Trinajstić information content (AvgIpc) is 2.93. The molecule has 7 nitrogen and oxygen atoms in total. The van der Waals surface area contributed by atoms with Gasteiger partial charge in [0.15, 0.2) is 0 Å². The highest BCUT2D eigenvalue weighted by Gasteiger charge is 2.12. The lowest BCUT2D eigenvalue weighted by Gasteiger charge is -2.11. The van der Waals surface area contributed by atoms with Gasteiger partial charge in [-0.25, -0.2) is 14.6 Å². The van der Waals surface area contributed by atoms with Gasteiger partial charge in [-0.15, -0.1) is 0 Å². The van der Waals surface area contributed by atoms with Gasteiger partial charge in [-0.05, 0) is 37.1 Å². The van der Waals surface area contributed by atoms with Gasteiger partial charge in [0.25, 0.3) is 0 Å². The maximum Gasteiger partial charge on any atom is 0.336 e. The fourth-order valence-corrected chi connectivity index (χ4v) is 1.89. The van der Waals surface area contributed by atoms with E-state index in [1.54, 1.807) is 32.3 Å². The van der Waals surface area contributed by atoms with Crippen molar-refractivity contribution in [3.63, 3.8) is 0 Å². The molecule has 1 aromatic heterocycles. The van der Waals surface area contributed by atoms with E-state index in [4.69, 9.17) is 5.11 Å². The fourth-order valence-electron chi connectivity index (χ4n) is 1.89. The van der Waals surface area contributed by atoms with E-state index in [9.17, 15) is 9.59 Å². The molecule has 0 atom stereocenters. The van der Waals surface area contributed by atoms with Crippen LogP contribution in [0, 0.1) is 13.8 Å². The molecule has 110 valence electrons. The van der Waals surface area contributed by atoms with Gasteiger partial charge in [0.2, 0.25) is 0 Å². The Morgan fingerprint density at radius 3 is 2.71 bits per heavy atom. The number of carboxylic acids is 1. The molecule has 0 bridgehead atoms. The minimum absolute atomic E-state index is 0.177. The van der Waals surface area contributed by atoms with E-state index in [2.05, 4.69) is 20.6 Å². The molecule has 7 heteroatoms. The van der Waals surface area contributed by atoms with E-state index in [1.807, 2.05) is 0 Å².